The summed E-state index contributed by atoms with van der Waals surface area (Å²) in [5.74, 6) is -1.37. The van der Waals surface area contributed by atoms with Gasteiger partial charge in [-0.2, -0.15) is 0 Å². The van der Waals surface area contributed by atoms with Crippen LogP contribution in [0.1, 0.15) is 22.8 Å². The van der Waals surface area contributed by atoms with Crippen LogP contribution in [0.2, 0.25) is 0 Å². The fourth-order valence-corrected chi connectivity index (χ4v) is 5.80. The molecule has 0 aliphatic carbocycles. The Hall–Kier alpha value is -2.71. The Balaban J connectivity index is 1.44. The van der Waals surface area contributed by atoms with Gasteiger partial charge < -0.3 is 4.90 Å². The zero-order valence-corrected chi connectivity index (χ0v) is 17.7. The highest BCUT2D eigenvalue weighted by molar-refractivity contribution is 7.94. The average Bonchev–Trinajstić information content (AvgIpc) is 2.95. The standard InChI is InChI=1S/C22H25N3O4S/c1-17-16-30(28,29)25(21(17)26)20-9-5-8-19(14-20)22(27)24-12-10-23(11-13-24)15-18-6-3-2-4-7-18/h2-9,14,17H,10-13,15-16H2,1H3/t17-/m1/s1. The van der Waals surface area contributed by atoms with E-state index in [1.54, 1.807) is 30.0 Å². The van der Waals surface area contributed by atoms with E-state index in [-0.39, 0.29) is 17.3 Å². The summed E-state index contributed by atoms with van der Waals surface area (Å²) in [6.45, 7) is 5.21. The van der Waals surface area contributed by atoms with Crippen LogP contribution in [0.25, 0.3) is 0 Å². The summed E-state index contributed by atoms with van der Waals surface area (Å²) in [6.07, 6.45) is 0. The molecule has 2 aliphatic heterocycles. The number of benzene rings is 2. The predicted molar refractivity (Wildman–Crippen MR) is 115 cm³/mol. The summed E-state index contributed by atoms with van der Waals surface area (Å²) in [5.41, 5.74) is 1.88. The van der Waals surface area contributed by atoms with Crippen LogP contribution >= 0.6 is 0 Å². The largest absolute Gasteiger partial charge is 0.336 e. The smallest absolute Gasteiger partial charge is 0.254 e. The fourth-order valence-electron chi connectivity index (χ4n) is 3.99. The third-order valence-corrected chi connectivity index (χ3v) is 7.46. The van der Waals surface area contributed by atoms with Crippen LogP contribution < -0.4 is 4.31 Å². The Morgan fingerprint density at radius 2 is 1.70 bits per heavy atom. The van der Waals surface area contributed by atoms with Crippen LogP contribution in [0.4, 0.5) is 5.69 Å². The molecule has 7 nitrogen and oxygen atoms in total. The molecule has 8 heteroatoms. The first-order chi connectivity index (χ1) is 14.3. The van der Waals surface area contributed by atoms with Crippen LogP contribution in [0.3, 0.4) is 0 Å². The fraction of sp³-hybridized carbons (Fsp3) is 0.364. The first-order valence-electron chi connectivity index (χ1n) is 10.1. The number of anilines is 1. The third kappa shape index (κ3) is 4.11. The summed E-state index contributed by atoms with van der Waals surface area (Å²) in [4.78, 5) is 29.4. The summed E-state index contributed by atoms with van der Waals surface area (Å²) < 4.78 is 25.6. The minimum Gasteiger partial charge on any atom is -0.336 e. The molecule has 0 bridgehead atoms. The lowest BCUT2D eigenvalue weighted by atomic mass is 10.1. The van der Waals surface area contributed by atoms with Crippen LogP contribution in [0.5, 0.6) is 0 Å². The SMILES string of the molecule is C[C@@H]1CS(=O)(=O)N(c2cccc(C(=O)N3CCN(Cc4ccccc4)CC3)c2)C1=O. The maximum absolute atomic E-state index is 13.0. The van der Waals surface area contributed by atoms with Gasteiger partial charge in [-0.15, -0.1) is 0 Å². The Labute approximate surface area is 176 Å². The average molecular weight is 428 g/mol. The molecule has 2 saturated heterocycles. The van der Waals surface area contributed by atoms with Crippen molar-refractivity contribution in [1.82, 2.24) is 9.80 Å². The molecule has 0 radical (unpaired) electrons. The molecule has 30 heavy (non-hydrogen) atoms. The molecule has 2 aliphatic rings. The van der Waals surface area contributed by atoms with Gasteiger partial charge in [0.15, 0.2) is 0 Å². The Kier molecular flexibility index (Phi) is 5.62. The second-order valence-corrected chi connectivity index (χ2v) is 9.75. The maximum atomic E-state index is 13.0. The van der Waals surface area contributed by atoms with Crippen LogP contribution in [-0.4, -0.2) is 62.0 Å². The maximum Gasteiger partial charge on any atom is 0.254 e. The molecule has 2 aromatic carbocycles. The van der Waals surface area contributed by atoms with Crippen molar-refractivity contribution in [1.29, 1.82) is 0 Å². The first-order valence-corrected chi connectivity index (χ1v) is 11.7. The third-order valence-electron chi connectivity index (χ3n) is 5.60. The molecule has 2 fully saturated rings. The molecule has 2 heterocycles. The number of piperazine rings is 1. The number of nitrogens with zero attached hydrogens (tertiary/aromatic N) is 3. The van der Waals surface area contributed by atoms with E-state index in [9.17, 15) is 18.0 Å². The van der Waals surface area contributed by atoms with Gasteiger partial charge >= 0.3 is 0 Å². The number of hydrogen-bond acceptors (Lipinski definition) is 5. The van der Waals surface area contributed by atoms with Crippen molar-refractivity contribution < 1.29 is 18.0 Å². The summed E-state index contributed by atoms with van der Waals surface area (Å²) in [6, 6.07) is 16.6. The van der Waals surface area contributed by atoms with Crippen molar-refractivity contribution in [2.45, 2.75) is 13.5 Å². The molecule has 1 atom stereocenters. The molecule has 2 amide bonds. The minimum absolute atomic E-state index is 0.145. The second kappa shape index (κ2) is 8.20. The van der Waals surface area contributed by atoms with Gasteiger partial charge in [-0.3, -0.25) is 14.5 Å². The molecule has 158 valence electrons. The lowest BCUT2D eigenvalue weighted by Crippen LogP contribution is -2.48. The van der Waals surface area contributed by atoms with Crippen molar-refractivity contribution in [2.75, 3.05) is 36.2 Å². The van der Waals surface area contributed by atoms with Crippen LogP contribution in [0, 0.1) is 5.92 Å². The van der Waals surface area contributed by atoms with E-state index >= 15 is 0 Å². The van der Waals surface area contributed by atoms with Gasteiger partial charge in [-0.25, -0.2) is 12.7 Å². The Morgan fingerprint density at radius 1 is 1.00 bits per heavy atom. The highest BCUT2D eigenvalue weighted by Gasteiger charge is 2.42. The number of carbonyl (C=O) groups excluding carboxylic acids is 2. The zero-order valence-electron chi connectivity index (χ0n) is 16.9. The molecule has 0 aromatic heterocycles. The zero-order chi connectivity index (χ0) is 21.3. The van der Waals surface area contributed by atoms with Gasteiger partial charge in [0.25, 0.3) is 5.91 Å². The first kappa shape index (κ1) is 20.6. The molecular formula is C22H25N3O4S. The molecule has 2 aromatic rings. The lowest BCUT2D eigenvalue weighted by molar-refractivity contribution is -0.119. The summed E-state index contributed by atoms with van der Waals surface area (Å²) >= 11 is 0. The van der Waals surface area contributed by atoms with E-state index in [4.69, 9.17) is 0 Å². The number of rotatable bonds is 4. The van der Waals surface area contributed by atoms with Gasteiger partial charge in [0.05, 0.1) is 17.4 Å². The van der Waals surface area contributed by atoms with E-state index in [1.165, 1.54) is 11.6 Å². The van der Waals surface area contributed by atoms with Crippen LogP contribution in [-0.2, 0) is 21.4 Å². The topological polar surface area (TPSA) is 78.0 Å². The van der Waals surface area contributed by atoms with E-state index in [0.29, 0.717) is 18.7 Å². The van der Waals surface area contributed by atoms with Gasteiger partial charge in [-0.05, 0) is 23.8 Å². The number of carbonyl (C=O) groups is 2. The Morgan fingerprint density at radius 3 is 2.33 bits per heavy atom. The van der Waals surface area contributed by atoms with Crippen molar-refractivity contribution >= 4 is 27.5 Å². The molecular weight excluding hydrogens is 402 g/mol. The highest BCUT2D eigenvalue weighted by Crippen LogP contribution is 2.29. The normalized spacial score (nSPS) is 21.8. The molecule has 0 saturated carbocycles. The molecule has 0 N–H and O–H groups in total. The molecule has 4 rings (SSSR count). The second-order valence-electron chi connectivity index (χ2n) is 7.89. The van der Waals surface area contributed by atoms with Gasteiger partial charge in [0.2, 0.25) is 15.9 Å². The van der Waals surface area contributed by atoms with E-state index in [0.717, 1.165) is 23.9 Å². The molecule has 0 unspecified atom stereocenters. The van der Waals surface area contributed by atoms with Gasteiger partial charge in [0, 0.05) is 38.3 Å². The molecule has 0 spiro atoms. The monoisotopic (exact) mass is 427 g/mol. The quantitative estimate of drug-likeness (QED) is 0.745. The number of hydrogen-bond donors (Lipinski definition) is 0. The minimum atomic E-state index is -3.69. The van der Waals surface area contributed by atoms with Crippen molar-refractivity contribution in [3.63, 3.8) is 0 Å². The van der Waals surface area contributed by atoms with Crippen molar-refractivity contribution in [3.05, 3.63) is 65.7 Å². The van der Waals surface area contributed by atoms with E-state index in [2.05, 4.69) is 17.0 Å². The van der Waals surface area contributed by atoms with Crippen LogP contribution in [0.15, 0.2) is 54.6 Å². The van der Waals surface area contributed by atoms with Gasteiger partial charge in [0.1, 0.15) is 0 Å². The van der Waals surface area contributed by atoms with E-state index in [1.807, 2.05) is 18.2 Å². The summed E-state index contributed by atoms with van der Waals surface area (Å²) in [7, 11) is -3.69. The van der Waals surface area contributed by atoms with Crippen molar-refractivity contribution in [3.8, 4) is 0 Å². The van der Waals surface area contributed by atoms with Gasteiger partial charge in [-0.1, -0.05) is 43.3 Å². The predicted octanol–water partition coefficient (Wildman–Crippen LogP) is 1.96. The number of amides is 2. The lowest BCUT2D eigenvalue weighted by Gasteiger charge is -2.35. The Bertz CT molecular complexity index is 1050. The van der Waals surface area contributed by atoms with Crippen molar-refractivity contribution in [2.24, 2.45) is 5.92 Å². The highest BCUT2D eigenvalue weighted by atomic mass is 32.2. The van der Waals surface area contributed by atoms with E-state index < -0.39 is 21.8 Å². The number of sulfonamides is 1. The summed E-state index contributed by atoms with van der Waals surface area (Å²) in [5, 5.41) is 0.